The number of aromatic nitrogens is 1. The molecule has 0 bridgehead atoms. The molecular weight excluding hydrogens is 194 g/mol. The standard InChI is InChI=1S/C10H15N3O2/c1-7-4-8(5-10(15)13(7)3)12-9(14)6-11-2/h4-5,11H,6H2,1-3H3,(H,12,14). The van der Waals surface area contributed by atoms with Crippen molar-refractivity contribution in [2.45, 2.75) is 6.92 Å². The molecule has 0 spiro atoms. The second-order valence-electron chi connectivity index (χ2n) is 3.36. The van der Waals surface area contributed by atoms with Gasteiger partial charge in [-0.05, 0) is 20.0 Å². The van der Waals surface area contributed by atoms with Crippen LogP contribution in [0.25, 0.3) is 0 Å². The molecule has 0 saturated heterocycles. The van der Waals surface area contributed by atoms with Crippen molar-refractivity contribution < 1.29 is 4.79 Å². The molecule has 0 unspecified atom stereocenters. The average molecular weight is 209 g/mol. The van der Waals surface area contributed by atoms with Crippen LogP contribution in [-0.2, 0) is 11.8 Å². The van der Waals surface area contributed by atoms with Gasteiger partial charge in [-0.2, -0.15) is 0 Å². The third kappa shape index (κ3) is 2.92. The minimum atomic E-state index is -0.162. The molecule has 2 N–H and O–H groups in total. The van der Waals surface area contributed by atoms with Gasteiger partial charge in [0.15, 0.2) is 0 Å². The van der Waals surface area contributed by atoms with Gasteiger partial charge >= 0.3 is 0 Å². The van der Waals surface area contributed by atoms with Crippen LogP contribution in [0.3, 0.4) is 0 Å². The number of nitrogens with one attached hydrogen (secondary N) is 2. The maximum absolute atomic E-state index is 11.4. The second kappa shape index (κ2) is 4.75. The van der Waals surface area contributed by atoms with Crippen LogP contribution in [0.5, 0.6) is 0 Å². The number of amides is 1. The van der Waals surface area contributed by atoms with Crippen LogP contribution < -0.4 is 16.2 Å². The first-order valence-electron chi connectivity index (χ1n) is 4.66. The molecular formula is C10H15N3O2. The largest absolute Gasteiger partial charge is 0.325 e. The number of carbonyl (C=O) groups is 1. The summed E-state index contributed by atoms with van der Waals surface area (Å²) in [5.74, 6) is -0.162. The van der Waals surface area contributed by atoms with E-state index in [2.05, 4.69) is 10.6 Å². The van der Waals surface area contributed by atoms with Crippen molar-refractivity contribution in [2.75, 3.05) is 18.9 Å². The summed E-state index contributed by atoms with van der Waals surface area (Å²) in [6.07, 6.45) is 0. The van der Waals surface area contributed by atoms with E-state index in [-0.39, 0.29) is 18.0 Å². The number of nitrogens with zero attached hydrogens (tertiary/aromatic N) is 1. The lowest BCUT2D eigenvalue weighted by Crippen LogP contribution is -2.26. The number of rotatable bonds is 3. The highest BCUT2D eigenvalue weighted by Crippen LogP contribution is 2.05. The summed E-state index contributed by atoms with van der Waals surface area (Å²) in [5, 5.41) is 5.37. The molecule has 0 aliphatic rings. The Morgan fingerprint density at radius 2 is 2.13 bits per heavy atom. The quantitative estimate of drug-likeness (QED) is 0.727. The highest BCUT2D eigenvalue weighted by atomic mass is 16.2. The van der Waals surface area contributed by atoms with E-state index in [1.807, 2.05) is 6.92 Å². The SMILES string of the molecule is CNCC(=O)Nc1cc(C)n(C)c(=O)c1. The summed E-state index contributed by atoms with van der Waals surface area (Å²) >= 11 is 0. The van der Waals surface area contributed by atoms with E-state index < -0.39 is 0 Å². The normalized spacial score (nSPS) is 10.1. The number of pyridine rings is 1. The van der Waals surface area contributed by atoms with Crippen molar-refractivity contribution >= 4 is 11.6 Å². The van der Waals surface area contributed by atoms with Crippen molar-refractivity contribution in [2.24, 2.45) is 7.05 Å². The summed E-state index contributed by atoms with van der Waals surface area (Å²) in [7, 11) is 3.38. The molecule has 1 heterocycles. The van der Waals surface area contributed by atoms with Gasteiger partial charge in [0.25, 0.3) is 5.56 Å². The molecule has 82 valence electrons. The summed E-state index contributed by atoms with van der Waals surface area (Å²) in [4.78, 5) is 22.6. The van der Waals surface area contributed by atoms with Gasteiger partial charge in [-0.3, -0.25) is 9.59 Å². The van der Waals surface area contributed by atoms with Gasteiger partial charge in [-0.25, -0.2) is 0 Å². The second-order valence-corrected chi connectivity index (χ2v) is 3.36. The predicted molar refractivity (Wildman–Crippen MR) is 59.0 cm³/mol. The summed E-state index contributed by atoms with van der Waals surface area (Å²) in [6, 6.07) is 3.16. The van der Waals surface area contributed by atoms with Crippen LogP contribution >= 0.6 is 0 Å². The van der Waals surface area contributed by atoms with Gasteiger partial charge in [-0.1, -0.05) is 0 Å². The molecule has 1 aromatic heterocycles. The molecule has 5 nitrogen and oxygen atoms in total. The number of carbonyl (C=O) groups excluding carboxylic acids is 1. The van der Waals surface area contributed by atoms with E-state index in [4.69, 9.17) is 0 Å². The van der Waals surface area contributed by atoms with Gasteiger partial charge < -0.3 is 15.2 Å². The Morgan fingerprint density at radius 1 is 1.47 bits per heavy atom. The fourth-order valence-electron chi connectivity index (χ4n) is 1.21. The Bertz CT molecular complexity index is 423. The van der Waals surface area contributed by atoms with Gasteiger partial charge in [0.1, 0.15) is 0 Å². The van der Waals surface area contributed by atoms with E-state index in [0.717, 1.165) is 5.69 Å². The smallest absolute Gasteiger partial charge is 0.252 e. The van der Waals surface area contributed by atoms with Gasteiger partial charge in [0.2, 0.25) is 5.91 Å². The molecule has 0 radical (unpaired) electrons. The summed E-state index contributed by atoms with van der Waals surface area (Å²) < 4.78 is 1.52. The van der Waals surface area contributed by atoms with E-state index in [1.54, 1.807) is 20.2 Å². The van der Waals surface area contributed by atoms with Crippen LogP contribution in [0, 0.1) is 6.92 Å². The minimum absolute atomic E-state index is 0.130. The van der Waals surface area contributed by atoms with Crippen molar-refractivity contribution in [3.05, 3.63) is 28.2 Å². The molecule has 1 rings (SSSR count). The zero-order chi connectivity index (χ0) is 11.4. The topological polar surface area (TPSA) is 63.1 Å². The van der Waals surface area contributed by atoms with Gasteiger partial charge in [-0.15, -0.1) is 0 Å². The number of hydrogen-bond acceptors (Lipinski definition) is 3. The Morgan fingerprint density at radius 3 is 2.67 bits per heavy atom. The first-order valence-corrected chi connectivity index (χ1v) is 4.66. The van der Waals surface area contributed by atoms with E-state index in [9.17, 15) is 9.59 Å². The highest BCUT2D eigenvalue weighted by Gasteiger charge is 2.03. The molecule has 1 amide bonds. The fourth-order valence-corrected chi connectivity index (χ4v) is 1.21. The van der Waals surface area contributed by atoms with Crippen LogP contribution in [0.1, 0.15) is 5.69 Å². The number of aryl methyl sites for hydroxylation is 1. The fraction of sp³-hybridized carbons (Fsp3) is 0.400. The highest BCUT2D eigenvalue weighted by molar-refractivity contribution is 5.92. The van der Waals surface area contributed by atoms with E-state index >= 15 is 0 Å². The summed E-state index contributed by atoms with van der Waals surface area (Å²) in [5.41, 5.74) is 1.22. The molecule has 0 aliphatic heterocycles. The monoisotopic (exact) mass is 209 g/mol. The van der Waals surface area contributed by atoms with Crippen molar-refractivity contribution in [3.8, 4) is 0 Å². The number of anilines is 1. The lowest BCUT2D eigenvalue weighted by Gasteiger charge is -2.08. The lowest BCUT2D eigenvalue weighted by atomic mass is 10.3. The van der Waals surface area contributed by atoms with Crippen LogP contribution in [0.4, 0.5) is 5.69 Å². The summed E-state index contributed by atoms with van der Waals surface area (Å²) in [6.45, 7) is 2.05. The molecule has 0 fully saturated rings. The van der Waals surface area contributed by atoms with Crippen molar-refractivity contribution in [1.82, 2.24) is 9.88 Å². The molecule has 1 aromatic rings. The third-order valence-corrected chi connectivity index (χ3v) is 2.12. The molecule has 0 aliphatic carbocycles. The predicted octanol–water partition coefficient (Wildman–Crippen LogP) is -0.148. The van der Waals surface area contributed by atoms with Crippen molar-refractivity contribution in [1.29, 1.82) is 0 Å². The van der Waals surface area contributed by atoms with E-state index in [1.165, 1.54) is 10.6 Å². The van der Waals surface area contributed by atoms with Crippen LogP contribution in [0.15, 0.2) is 16.9 Å². The third-order valence-electron chi connectivity index (χ3n) is 2.12. The van der Waals surface area contributed by atoms with Crippen LogP contribution in [0.2, 0.25) is 0 Å². The number of likely N-dealkylation sites (N-methyl/N-ethyl adjacent to an activating group) is 1. The molecule has 0 atom stereocenters. The molecule has 15 heavy (non-hydrogen) atoms. The van der Waals surface area contributed by atoms with Gasteiger partial charge in [0.05, 0.1) is 6.54 Å². The molecule has 5 heteroatoms. The average Bonchev–Trinajstić information content (AvgIpc) is 2.14. The maximum atomic E-state index is 11.4. The minimum Gasteiger partial charge on any atom is -0.325 e. The van der Waals surface area contributed by atoms with E-state index in [0.29, 0.717) is 5.69 Å². The van der Waals surface area contributed by atoms with Gasteiger partial charge in [0, 0.05) is 24.5 Å². The first-order chi connectivity index (χ1) is 7.04. The Balaban J connectivity index is 2.88. The molecule has 0 aromatic carbocycles. The Labute approximate surface area is 88.1 Å². The van der Waals surface area contributed by atoms with Crippen molar-refractivity contribution in [3.63, 3.8) is 0 Å². The van der Waals surface area contributed by atoms with Crippen LogP contribution in [-0.4, -0.2) is 24.1 Å². The first kappa shape index (κ1) is 11.5. The Kier molecular flexibility index (Phi) is 3.62. The zero-order valence-corrected chi connectivity index (χ0v) is 9.13. The lowest BCUT2D eigenvalue weighted by molar-refractivity contribution is -0.115. The maximum Gasteiger partial charge on any atom is 0.252 e. The Hall–Kier alpha value is -1.62. The number of hydrogen-bond donors (Lipinski definition) is 2. The zero-order valence-electron chi connectivity index (χ0n) is 9.13. The molecule has 0 saturated carbocycles.